The maximum absolute atomic E-state index is 12.4. The molecule has 0 atom stereocenters. The number of nitrogens with one attached hydrogen (secondary N) is 1. The van der Waals surface area contributed by atoms with Gasteiger partial charge in [0.1, 0.15) is 23.1 Å². The van der Waals surface area contributed by atoms with Crippen LogP contribution in [0.1, 0.15) is 31.0 Å². The van der Waals surface area contributed by atoms with E-state index in [9.17, 15) is 4.79 Å². The van der Waals surface area contributed by atoms with Gasteiger partial charge in [0.05, 0.1) is 19.3 Å². The number of rotatable bonds is 11. The molecular formula is C20H29N3O4S. The number of nitrogens with zero attached hydrogens (tertiary/aromatic N) is 2. The Kier molecular flexibility index (Phi) is 9.03. The molecule has 0 aliphatic rings. The van der Waals surface area contributed by atoms with Gasteiger partial charge in [0, 0.05) is 31.7 Å². The molecule has 28 heavy (non-hydrogen) atoms. The minimum absolute atomic E-state index is 0.0846. The summed E-state index contributed by atoms with van der Waals surface area (Å²) in [4.78, 5) is 18.8. The maximum atomic E-state index is 12.4. The zero-order valence-corrected chi connectivity index (χ0v) is 17.8. The number of ether oxygens (including phenoxy) is 3. The van der Waals surface area contributed by atoms with E-state index in [0.717, 1.165) is 28.6 Å². The third kappa shape index (κ3) is 7.36. The molecule has 0 radical (unpaired) electrons. The number of amides is 2. The zero-order chi connectivity index (χ0) is 20.4. The van der Waals surface area contributed by atoms with Crippen LogP contribution in [0.4, 0.5) is 4.79 Å². The Morgan fingerprint density at radius 1 is 1.21 bits per heavy atom. The molecule has 2 amide bonds. The summed E-state index contributed by atoms with van der Waals surface area (Å²) in [6, 6.07) is 7.43. The molecule has 0 aliphatic carbocycles. The van der Waals surface area contributed by atoms with Crippen molar-refractivity contribution >= 4 is 17.4 Å². The molecule has 1 aromatic carbocycles. The highest BCUT2D eigenvalue weighted by atomic mass is 32.1. The third-order valence-corrected chi connectivity index (χ3v) is 4.72. The first kappa shape index (κ1) is 22.0. The molecule has 0 aliphatic heterocycles. The largest absolute Gasteiger partial charge is 0.497 e. The van der Waals surface area contributed by atoms with Crippen molar-refractivity contribution in [3.63, 3.8) is 0 Å². The van der Waals surface area contributed by atoms with Crippen LogP contribution in [0.2, 0.25) is 0 Å². The smallest absolute Gasteiger partial charge is 0.317 e. The zero-order valence-electron chi connectivity index (χ0n) is 16.9. The van der Waals surface area contributed by atoms with E-state index in [1.807, 2.05) is 43.5 Å². The van der Waals surface area contributed by atoms with Crippen molar-refractivity contribution in [2.45, 2.75) is 39.5 Å². The molecule has 0 saturated heterocycles. The van der Waals surface area contributed by atoms with Crippen LogP contribution >= 0.6 is 11.3 Å². The highest BCUT2D eigenvalue weighted by Gasteiger charge is 2.16. The number of urea groups is 1. The summed E-state index contributed by atoms with van der Waals surface area (Å²) in [7, 11) is 3.29. The van der Waals surface area contributed by atoms with Gasteiger partial charge >= 0.3 is 6.03 Å². The Balaban J connectivity index is 1.92. The van der Waals surface area contributed by atoms with Gasteiger partial charge in [0.25, 0.3) is 0 Å². The van der Waals surface area contributed by atoms with Gasteiger partial charge in [-0.05, 0) is 44.5 Å². The number of carbonyl (C=O) groups excluding carboxylic acids is 1. The summed E-state index contributed by atoms with van der Waals surface area (Å²) >= 11 is 1.53. The van der Waals surface area contributed by atoms with E-state index in [-0.39, 0.29) is 12.1 Å². The second-order valence-corrected chi connectivity index (χ2v) is 7.51. The highest BCUT2D eigenvalue weighted by Crippen LogP contribution is 2.19. The molecule has 1 aromatic heterocycles. The molecule has 7 nitrogen and oxygen atoms in total. The summed E-state index contributed by atoms with van der Waals surface area (Å²) in [6.07, 6.45) is 0.777. The van der Waals surface area contributed by atoms with Gasteiger partial charge in [-0.3, -0.25) is 0 Å². The Morgan fingerprint density at radius 3 is 2.57 bits per heavy atom. The predicted octanol–water partition coefficient (Wildman–Crippen LogP) is 3.69. The molecule has 0 saturated carbocycles. The van der Waals surface area contributed by atoms with Gasteiger partial charge in [-0.1, -0.05) is 0 Å². The van der Waals surface area contributed by atoms with Crippen molar-refractivity contribution in [2.75, 3.05) is 27.4 Å². The molecule has 0 fully saturated rings. The summed E-state index contributed by atoms with van der Waals surface area (Å²) in [5.41, 5.74) is 0.856. The SMILES string of the molecule is COCCCN(Cc1csc(COc2ccc(OC)cc2)n1)C(=O)NC(C)C. The van der Waals surface area contributed by atoms with E-state index < -0.39 is 0 Å². The van der Waals surface area contributed by atoms with Crippen molar-refractivity contribution < 1.29 is 19.0 Å². The van der Waals surface area contributed by atoms with Gasteiger partial charge < -0.3 is 24.4 Å². The van der Waals surface area contributed by atoms with E-state index in [4.69, 9.17) is 14.2 Å². The Bertz CT molecular complexity index is 718. The van der Waals surface area contributed by atoms with Crippen molar-refractivity contribution in [1.29, 1.82) is 0 Å². The molecular weight excluding hydrogens is 378 g/mol. The van der Waals surface area contributed by atoms with Gasteiger partial charge in [0.15, 0.2) is 0 Å². The Labute approximate surface area is 170 Å². The van der Waals surface area contributed by atoms with Crippen LogP contribution in [0.15, 0.2) is 29.6 Å². The summed E-state index contributed by atoms with van der Waals surface area (Å²) in [5, 5.41) is 5.78. The summed E-state index contributed by atoms with van der Waals surface area (Å²) in [5.74, 6) is 1.55. The molecule has 1 N–H and O–H groups in total. The topological polar surface area (TPSA) is 72.9 Å². The van der Waals surface area contributed by atoms with Crippen molar-refractivity contribution in [2.24, 2.45) is 0 Å². The average molecular weight is 408 g/mol. The number of methoxy groups -OCH3 is 2. The minimum Gasteiger partial charge on any atom is -0.497 e. The lowest BCUT2D eigenvalue weighted by Gasteiger charge is -2.23. The molecule has 8 heteroatoms. The molecule has 2 aromatic rings. The van der Waals surface area contributed by atoms with Crippen molar-refractivity contribution in [1.82, 2.24) is 15.2 Å². The van der Waals surface area contributed by atoms with E-state index >= 15 is 0 Å². The molecule has 154 valence electrons. The first-order chi connectivity index (χ1) is 13.5. The number of hydrogen-bond donors (Lipinski definition) is 1. The fraction of sp³-hybridized carbons (Fsp3) is 0.500. The van der Waals surface area contributed by atoms with E-state index in [0.29, 0.717) is 26.3 Å². The van der Waals surface area contributed by atoms with Crippen LogP contribution in [-0.2, 0) is 17.9 Å². The summed E-state index contributed by atoms with van der Waals surface area (Å²) < 4.78 is 16.0. The average Bonchev–Trinajstić information content (AvgIpc) is 3.13. The molecule has 0 unspecified atom stereocenters. The van der Waals surface area contributed by atoms with Crippen LogP contribution in [0.5, 0.6) is 11.5 Å². The lowest BCUT2D eigenvalue weighted by Crippen LogP contribution is -2.43. The molecule has 0 bridgehead atoms. The van der Waals surface area contributed by atoms with E-state index in [2.05, 4.69) is 10.3 Å². The Morgan fingerprint density at radius 2 is 1.93 bits per heavy atom. The fourth-order valence-electron chi connectivity index (χ4n) is 2.49. The van der Waals surface area contributed by atoms with Crippen LogP contribution in [-0.4, -0.2) is 49.3 Å². The second-order valence-electron chi connectivity index (χ2n) is 6.57. The van der Waals surface area contributed by atoms with Crippen LogP contribution < -0.4 is 14.8 Å². The summed E-state index contributed by atoms with van der Waals surface area (Å²) in [6.45, 7) is 5.97. The van der Waals surface area contributed by atoms with Gasteiger partial charge in [-0.25, -0.2) is 9.78 Å². The highest BCUT2D eigenvalue weighted by molar-refractivity contribution is 7.09. The number of thiazole rings is 1. The lowest BCUT2D eigenvalue weighted by atomic mass is 10.3. The van der Waals surface area contributed by atoms with Gasteiger partial charge in [0.2, 0.25) is 0 Å². The third-order valence-electron chi connectivity index (χ3n) is 3.85. The standard InChI is InChI=1S/C20H29N3O4S/c1-15(2)21-20(24)23(10-5-11-25-3)12-16-14-28-19(22-16)13-27-18-8-6-17(26-4)7-9-18/h6-9,14-15H,5,10-13H2,1-4H3,(H,21,24). The van der Waals surface area contributed by atoms with Gasteiger partial charge in [-0.15, -0.1) is 11.3 Å². The molecule has 1 heterocycles. The normalized spacial score (nSPS) is 10.8. The van der Waals surface area contributed by atoms with E-state index in [1.54, 1.807) is 19.1 Å². The van der Waals surface area contributed by atoms with Crippen LogP contribution in [0, 0.1) is 0 Å². The van der Waals surface area contributed by atoms with Crippen LogP contribution in [0.3, 0.4) is 0 Å². The quantitative estimate of drug-likeness (QED) is 0.575. The second kappa shape index (κ2) is 11.5. The first-order valence-corrected chi connectivity index (χ1v) is 10.1. The van der Waals surface area contributed by atoms with Gasteiger partial charge in [-0.2, -0.15) is 0 Å². The molecule has 0 spiro atoms. The van der Waals surface area contributed by atoms with Crippen molar-refractivity contribution in [3.8, 4) is 11.5 Å². The maximum Gasteiger partial charge on any atom is 0.317 e. The number of carbonyl (C=O) groups is 1. The van der Waals surface area contributed by atoms with Crippen molar-refractivity contribution in [3.05, 3.63) is 40.3 Å². The number of aromatic nitrogens is 1. The minimum atomic E-state index is -0.0878. The molecule has 2 rings (SSSR count). The van der Waals surface area contributed by atoms with E-state index in [1.165, 1.54) is 11.3 Å². The monoisotopic (exact) mass is 407 g/mol. The predicted molar refractivity (Wildman–Crippen MR) is 110 cm³/mol. The fourth-order valence-corrected chi connectivity index (χ4v) is 3.19. The first-order valence-electron chi connectivity index (χ1n) is 9.26. The Hall–Kier alpha value is -2.32. The number of benzene rings is 1. The number of hydrogen-bond acceptors (Lipinski definition) is 6. The van der Waals surface area contributed by atoms with Crippen LogP contribution in [0.25, 0.3) is 0 Å². The lowest BCUT2D eigenvalue weighted by molar-refractivity contribution is 0.164.